The fourth-order valence-electron chi connectivity index (χ4n) is 3.04. The van der Waals surface area contributed by atoms with Gasteiger partial charge in [-0.1, -0.05) is 48.9 Å². The van der Waals surface area contributed by atoms with E-state index in [0.717, 1.165) is 25.9 Å². The summed E-state index contributed by atoms with van der Waals surface area (Å²) < 4.78 is 6.06. The molecule has 2 heterocycles. The molecule has 1 aromatic carbocycles. The number of carbonyl (C=O) groups is 1. The van der Waals surface area contributed by atoms with Gasteiger partial charge in [-0.3, -0.25) is 9.69 Å². The number of nitrogens with one attached hydrogen (secondary N) is 1. The van der Waals surface area contributed by atoms with Crippen molar-refractivity contribution in [1.82, 2.24) is 35.6 Å². The fraction of sp³-hybridized carbons (Fsp3) is 0.368. The smallest absolute Gasteiger partial charge is 0.293 e. The van der Waals surface area contributed by atoms with E-state index < -0.39 is 5.91 Å². The Morgan fingerprint density at radius 3 is 2.68 bits per heavy atom. The van der Waals surface area contributed by atoms with Gasteiger partial charge in [-0.15, -0.1) is 5.10 Å². The predicted molar refractivity (Wildman–Crippen MR) is 116 cm³/mol. The second kappa shape index (κ2) is 10.6. The molecular formula is C19H24ClN9O2. The van der Waals surface area contributed by atoms with Gasteiger partial charge in [0.25, 0.3) is 5.91 Å². The molecular weight excluding hydrogens is 422 g/mol. The van der Waals surface area contributed by atoms with E-state index in [1.165, 1.54) is 10.9 Å². The number of hydrogen-bond donors (Lipinski definition) is 2. The Kier molecular flexibility index (Phi) is 7.68. The zero-order valence-electron chi connectivity index (χ0n) is 17.3. The summed E-state index contributed by atoms with van der Waals surface area (Å²) in [6.07, 6.45) is 3.38. The fourth-order valence-corrected chi connectivity index (χ4v) is 3.22. The van der Waals surface area contributed by atoms with Gasteiger partial charge in [0.05, 0.1) is 11.9 Å². The van der Waals surface area contributed by atoms with E-state index in [9.17, 15) is 4.79 Å². The maximum absolute atomic E-state index is 12.8. The van der Waals surface area contributed by atoms with Gasteiger partial charge < -0.3 is 5.73 Å². The summed E-state index contributed by atoms with van der Waals surface area (Å²) in [5.41, 5.74) is 9.59. The summed E-state index contributed by atoms with van der Waals surface area (Å²) >= 11 is 6.10. The highest BCUT2D eigenvalue weighted by atomic mass is 35.5. The molecule has 0 unspecified atom stereocenters. The molecule has 0 aliphatic rings. The monoisotopic (exact) mass is 445 g/mol. The molecule has 2 aromatic heterocycles. The average molecular weight is 446 g/mol. The Morgan fingerprint density at radius 2 is 2.03 bits per heavy atom. The summed E-state index contributed by atoms with van der Waals surface area (Å²) in [4.78, 5) is 15.0. The molecule has 0 aliphatic heterocycles. The minimum atomic E-state index is -0.521. The number of nitrogens with two attached hydrogens (primary N) is 1. The third kappa shape index (κ3) is 5.44. The van der Waals surface area contributed by atoms with Crippen LogP contribution in [-0.4, -0.2) is 55.4 Å². The molecule has 0 fully saturated rings. The lowest BCUT2D eigenvalue weighted by Gasteiger charge is -2.21. The Balaban J connectivity index is 1.88. The molecule has 3 N–H and O–H groups in total. The SMILES string of the molecule is CCCN(CCC)Cc1c(C(=O)NN=Cc2ccccc2Cl)nnn1-c1nonc1N. The zero-order valence-corrected chi connectivity index (χ0v) is 18.1. The number of nitrogens with zero attached hydrogens (tertiary/aromatic N) is 7. The lowest BCUT2D eigenvalue weighted by atomic mass is 10.2. The zero-order chi connectivity index (χ0) is 22.2. The van der Waals surface area contributed by atoms with Crippen molar-refractivity contribution in [2.45, 2.75) is 33.2 Å². The quantitative estimate of drug-likeness (QED) is 0.357. The van der Waals surface area contributed by atoms with E-state index in [0.29, 0.717) is 22.8 Å². The van der Waals surface area contributed by atoms with E-state index in [2.05, 4.69) is 54.5 Å². The second-order valence-corrected chi connectivity index (χ2v) is 7.17. The highest BCUT2D eigenvalue weighted by Gasteiger charge is 2.25. The van der Waals surface area contributed by atoms with Crippen molar-refractivity contribution in [1.29, 1.82) is 0 Å². The highest BCUT2D eigenvalue weighted by Crippen LogP contribution is 2.18. The Labute approximate surface area is 184 Å². The first kappa shape index (κ1) is 22.4. The van der Waals surface area contributed by atoms with Gasteiger partial charge in [0, 0.05) is 17.1 Å². The lowest BCUT2D eigenvalue weighted by molar-refractivity contribution is 0.0947. The Bertz CT molecular complexity index is 1040. The van der Waals surface area contributed by atoms with Crippen molar-refractivity contribution in [2.75, 3.05) is 18.8 Å². The maximum Gasteiger partial charge on any atom is 0.293 e. The number of aromatic nitrogens is 5. The molecule has 0 atom stereocenters. The first-order valence-corrected chi connectivity index (χ1v) is 10.3. The standard InChI is InChI=1S/C19H24ClN9O2/c1-3-9-28(10-4-2)12-15-16(23-27-29(15)18-17(21)25-31-26-18)19(30)24-22-11-13-7-5-6-8-14(13)20/h5-8,11H,3-4,9-10,12H2,1-2H3,(H2,21,25)(H,24,30). The Morgan fingerprint density at radius 1 is 1.29 bits per heavy atom. The van der Waals surface area contributed by atoms with Crippen LogP contribution in [-0.2, 0) is 6.54 Å². The van der Waals surface area contributed by atoms with Crippen LogP contribution in [0, 0.1) is 0 Å². The lowest BCUT2D eigenvalue weighted by Crippen LogP contribution is -2.28. The summed E-state index contributed by atoms with van der Waals surface area (Å²) in [7, 11) is 0. The molecule has 0 saturated heterocycles. The predicted octanol–water partition coefficient (Wildman–Crippen LogP) is 2.27. The van der Waals surface area contributed by atoms with Gasteiger partial charge in [0.15, 0.2) is 5.69 Å². The van der Waals surface area contributed by atoms with Gasteiger partial charge >= 0.3 is 0 Å². The molecule has 0 saturated carbocycles. The van der Waals surface area contributed by atoms with Crippen molar-refractivity contribution in [3.05, 3.63) is 46.2 Å². The normalized spacial score (nSPS) is 11.5. The maximum atomic E-state index is 12.8. The third-order valence-electron chi connectivity index (χ3n) is 4.40. The topological polar surface area (TPSA) is 140 Å². The number of nitrogen functional groups attached to an aromatic ring is 1. The van der Waals surface area contributed by atoms with Crippen LogP contribution >= 0.6 is 11.6 Å². The molecule has 3 rings (SSSR count). The first-order chi connectivity index (χ1) is 15.0. The number of carbonyl (C=O) groups excluding carboxylic acids is 1. The number of hydrazone groups is 1. The van der Waals surface area contributed by atoms with Crippen molar-refractivity contribution < 1.29 is 9.42 Å². The molecule has 0 radical (unpaired) electrons. The molecule has 11 nitrogen and oxygen atoms in total. The van der Waals surface area contributed by atoms with Crippen LogP contribution in [0.4, 0.5) is 5.82 Å². The third-order valence-corrected chi connectivity index (χ3v) is 4.75. The summed E-state index contributed by atoms with van der Waals surface area (Å²) in [6, 6.07) is 7.16. The van der Waals surface area contributed by atoms with Crippen LogP contribution in [0.25, 0.3) is 5.82 Å². The van der Waals surface area contributed by atoms with Crippen LogP contribution in [0.15, 0.2) is 34.0 Å². The van der Waals surface area contributed by atoms with Gasteiger partial charge in [0.1, 0.15) is 0 Å². The van der Waals surface area contributed by atoms with E-state index in [1.54, 1.807) is 12.1 Å². The average Bonchev–Trinajstić information content (AvgIpc) is 3.35. The number of halogens is 1. The number of amides is 1. The second-order valence-electron chi connectivity index (χ2n) is 6.77. The van der Waals surface area contributed by atoms with Crippen molar-refractivity contribution in [2.24, 2.45) is 5.10 Å². The molecule has 164 valence electrons. The largest absolute Gasteiger partial charge is 0.378 e. The molecule has 31 heavy (non-hydrogen) atoms. The number of anilines is 1. The summed E-state index contributed by atoms with van der Waals surface area (Å²) in [5.74, 6) is -0.297. The number of rotatable bonds is 10. The van der Waals surface area contributed by atoms with Crippen molar-refractivity contribution in [3.8, 4) is 5.82 Å². The van der Waals surface area contributed by atoms with Gasteiger partial charge in [-0.05, 0) is 42.3 Å². The minimum absolute atomic E-state index is 0.0485. The van der Waals surface area contributed by atoms with Gasteiger partial charge in [-0.2, -0.15) is 9.78 Å². The molecule has 0 bridgehead atoms. The van der Waals surface area contributed by atoms with Crippen molar-refractivity contribution in [3.63, 3.8) is 0 Å². The van der Waals surface area contributed by atoms with Crippen LogP contribution in [0.1, 0.15) is 48.4 Å². The molecule has 0 spiro atoms. The van der Waals surface area contributed by atoms with Crippen LogP contribution in [0.3, 0.4) is 0 Å². The van der Waals surface area contributed by atoms with Crippen LogP contribution < -0.4 is 11.2 Å². The van der Waals surface area contributed by atoms with Crippen LogP contribution in [0.2, 0.25) is 5.02 Å². The van der Waals surface area contributed by atoms with Gasteiger partial charge in [0.2, 0.25) is 11.6 Å². The highest BCUT2D eigenvalue weighted by molar-refractivity contribution is 6.33. The summed E-state index contributed by atoms with van der Waals surface area (Å²) in [6.45, 7) is 6.29. The van der Waals surface area contributed by atoms with E-state index in [4.69, 9.17) is 17.3 Å². The van der Waals surface area contributed by atoms with E-state index in [1.807, 2.05) is 12.1 Å². The first-order valence-electron chi connectivity index (χ1n) is 9.88. The number of benzene rings is 1. The van der Waals surface area contributed by atoms with E-state index >= 15 is 0 Å². The molecule has 1 amide bonds. The van der Waals surface area contributed by atoms with Crippen LogP contribution in [0.5, 0.6) is 0 Å². The Hall–Kier alpha value is -3.31. The molecule has 3 aromatic rings. The van der Waals surface area contributed by atoms with E-state index in [-0.39, 0.29) is 17.3 Å². The van der Waals surface area contributed by atoms with Gasteiger partial charge in [-0.25, -0.2) is 10.1 Å². The minimum Gasteiger partial charge on any atom is -0.378 e. The summed E-state index contributed by atoms with van der Waals surface area (Å²) in [5, 5.41) is 20.0. The number of hydrogen-bond acceptors (Lipinski definition) is 9. The molecule has 12 heteroatoms. The molecule has 0 aliphatic carbocycles. The van der Waals surface area contributed by atoms with Crippen molar-refractivity contribution >= 4 is 29.5 Å².